The molecule has 1 amide bonds. The van der Waals surface area contributed by atoms with Gasteiger partial charge in [0.15, 0.2) is 4.34 Å². The van der Waals surface area contributed by atoms with E-state index in [1.54, 1.807) is 16.8 Å². The van der Waals surface area contributed by atoms with Gasteiger partial charge >= 0.3 is 0 Å². The van der Waals surface area contributed by atoms with Gasteiger partial charge in [-0.3, -0.25) is 4.79 Å². The van der Waals surface area contributed by atoms with E-state index in [0.717, 1.165) is 29.2 Å². The number of aromatic nitrogens is 2. The lowest BCUT2D eigenvalue weighted by Crippen LogP contribution is -2.14. The van der Waals surface area contributed by atoms with Crippen molar-refractivity contribution in [2.75, 3.05) is 11.1 Å². The first kappa shape index (κ1) is 15.5. The fourth-order valence-electron chi connectivity index (χ4n) is 2.47. The monoisotopic (exact) mass is 350 g/mol. The van der Waals surface area contributed by atoms with Crippen LogP contribution in [0.2, 0.25) is 0 Å². The molecule has 0 aromatic carbocycles. The highest BCUT2D eigenvalue weighted by Gasteiger charge is 2.24. The van der Waals surface area contributed by atoms with Crippen LogP contribution in [0.15, 0.2) is 9.85 Å². The number of thioether (sulfide) groups is 1. The third-order valence-corrected chi connectivity index (χ3v) is 6.57. The Morgan fingerprint density at radius 3 is 3.23 bits per heavy atom. The third-order valence-electron chi connectivity index (χ3n) is 3.54. The summed E-state index contributed by atoms with van der Waals surface area (Å²) in [6, 6.07) is 2.26. The van der Waals surface area contributed by atoms with Crippen LogP contribution < -0.4 is 5.32 Å². The zero-order valence-electron chi connectivity index (χ0n) is 12.0. The quantitative estimate of drug-likeness (QED) is 0.856. The van der Waals surface area contributed by atoms with Gasteiger partial charge in [0.05, 0.1) is 11.3 Å². The van der Waals surface area contributed by atoms with Gasteiger partial charge in [0, 0.05) is 4.88 Å². The van der Waals surface area contributed by atoms with Crippen LogP contribution in [0.1, 0.15) is 29.3 Å². The Morgan fingerprint density at radius 1 is 1.64 bits per heavy atom. The third kappa shape index (κ3) is 3.32. The van der Waals surface area contributed by atoms with Crippen LogP contribution in [0.3, 0.4) is 0 Å². The minimum Gasteiger partial charge on any atom is -0.316 e. The lowest BCUT2D eigenvalue weighted by molar-refractivity contribution is -0.113. The summed E-state index contributed by atoms with van der Waals surface area (Å²) in [5, 5.41) is 20.6. The molecule has 0 spiro atoms. The number of hydrogen-bond acceptors (Lipinski definition) is 7. The van der Waals surface area contributed by atoms with Crippen molar-refractivity contribution in [3.63, 3.8) is 0 Å². The topological polar surface area (TPSA) is 78.7 Å². The number of thiophene rings is 1. The van der Waals surface area contributed by atoms with Gasteiger partial charge in [0.1, 0.15) is 16.6 Å². The Labute approximate surface area is 140 Å². The number of carbonyl (C=O) groups is 1. The maximum atomic E-state index is 12.1. The van der Waals surface area contributed by atoms with E-state index < -0.39 is 0 Å². The Bertz CT molecular complexity index is 717. The molecule has 8 heteroatoms. The van der Waals surface area contributed by atoms with Gasteiger partial charge in [-0.25, -0.2) is 0 Å². The van der Waals surface area contributed by atoms with Crippen molar-refractivity contribution in [3.05, 3.63) is 21.5 Å². The normalized spacial score (nSPS) is 16.8. The highest BCUT2D eigenvalue weighted by molar-refractivity contribution is 8.01. The molecule has 0 unspecified atom stereocenters. The Hall–Kier alpha value is -1.43. The second-order valence-corrected chi connectivity index (χ2v) is 8.37. The van der Waals surface area contributed by atoms with Crippen molar-refractivity contribution in [2.24, 2.45) is 5.92 Å². The zero-order valence-corrected chi connectivity index (χ0v) is 14.4. The van der Waals surface area contributed by atoms with Gasteiger partial charge in [-0.2, -0.15) is 5.26 Å². The van der Waals surface area contributed by atoms with Crippen molar-refractivity contribution in [2.45, 2.75) is 30.5 Å². The molecular formula is C14H14N4OS3. The van der Waals surface area contributed by atoms with E-state index in [0.29, 0.717) is 16.5 Å². The van der Waals surface area contributed by atoms with Crippen LogP contribution in [0, 0.1) is 17.2 Å². The molecule has 3 rings (SSSR count). The van der Waals surface area contributed by atoms with Crippen LogP contribution in [-0.2, 0) is 17.6 Å². The summed E-state index contributed by atoms with van der Waals surface area (Å²) < 4.78 is 0.773. The van der Waals surface area contributed by atoms with Gasteiger partial charge in [-0.15, -0.1) is 21.5 Å². The first-order chi connectivity index (χ1) is 10.7. The van der Waals surface area contributed by atoms with Crippen molar-refractivity contribution >= 4 is 45.3 Å². The Kier molecular flexibility index (Phi) is 4.76. The number of carbonyl (C=O) groups excluding carboxylic acids is 1. The first-order valence-corrected chi connectivity index (χ1v) is 9.59. The fraction of sp³-hybridized carbons (Fsp3) is 0.429. The fourth-order valence-corrected chi connectivity index (χ4v) is 5.14. The van der Waals surface area contributed by atoms with Crippen LogP contribution >= 0.6 is 34.4 Å². The van der Waals surface area contributed by atoms with E-state index in [1.165, 1.54) is 28.0 Å². The SMILES string of the molecule is C[C@@H]1CCc2c(sc(NC(=O)CSc3nncs3)c2C#N)C1. The van der Waals surface area contributed by atoms with E-state index in [4.69, 9.17) is 0 Å². The predicted octanol–water partition coefficient (Wildman–Crippen LogP) is 3.33. The number of hydrogen-bond donors (Lipinski definition) is 1. The second-order valence-electron chi connectivity index (χ2n) is 5.21. The van der Waals surface area contributed by atoms with Crippen molar-refractivity contribution in [3.8, 4) is 6.07 Å². The van der Waals surface area contributed by atoms with E-state index in [9.17, 15) is 10.1 Å². The minimum atomic E-state index is -0.108. The smallest absolute Gasteiger partial charge is 0.235 e. The number of nitriles is 1. The summed E-state index contributed by atoms with van der Waals surface area (Å²) in [4.78, 5) is 13.3. The van der Waals surface area contributed by atoms with Gasteiger partial charge in [-0.1, -0.05) is 30.0 Å². The van der Waals surface area contributed by atoms with E-state index in [2.05, 4.69) is 28.5 Å². The largest absolute Gasteiger partial charge is 0.316 e. The number of anilines is 1. The molecule has 0 fully saturated rings. The van der Waals surface area contributed by atoms with E-state index in [-0.39, 0.29) is 11.7 Å². The van der Waals surface area contributed by atoms with Crippen LogP contribution in [0.4, 0.5) is 5.00 Å². The molecule has 2 aromatic rings. The molecule has 5 nitrogen and oxygen atoms in total. The zero-order chi connectivity index (χ0) is 15.5. The van der Waals surface area contributed by atoms with Crippen LogP contribution in [0.25, 0.3) is 0 Å². The molecule has 0 saturated heterocycles. The maximum absolute atomic E-state index is 12.1. The lowest BCUT2D eigenvalue weighted by Gasteiger charge is -2.17. The summed E-state index contributed by atoms with van der Waals surface area (Å²) in [6.07, 6.45) is 3.05. The first-order valence-electron chi connectivity index (χ1n) is 6.90. The number of fused-ring (bicyclic) bond motifs is 1. The molecule has 1 aliphatic rings. The second kappa shape index (κ2) is 6.77. The molecule has 2 heterocycles. The average molecular weight is 350 g/mol. The molecule has 2 aromatic heterocycles. The molecule has 0 bridgehead atoms. The summed E-state index contributed by atoms with van der Waals surface area (Å²) in [7, 11) is 0. The van der Waals surface area contributed by atoms with E-state index in [1.807, 2.05) is 0 Å². The number of nitrogens with zero attached hydrogens (tertiary/aromatic N) is 3. The van der Waals surface area contributed by atoms with Gasteiger partial charge < -0.3 is 5.32 Å². The summed E-state index contributed by atoms with van der Waals surface area (Å²) in [6.45, 7) is 2.23. The molecule has 22 heavy (non-hydrogen) atoms. The molecule has 0 aliphatic heterocycles. The highest BCUT2D eigenvalue weighted by Crippen LogP contribution is 2.39. The van der Waals surface area contributed by atoms with Crippen LogP contribution in [-0.4, -0.2) is 21.9 Å². The minimum absolute atomic E-state index is 0.108. The summed E-state index contributed by atoms with van der Waals surface area (Å²) in [5.41, 5.74) is 3.43. The molecule has 0 radical (unpaired) electrons. The van der Waals surface area contributed by atoms with Crippen molar-refractivity contribution in [1.82, 2.24) is 10.2 Å². The molecular weight excluding hydrogens is 336 g/mol. The molecule has 1 aliphatic carbocycles. The van der Waals surface area contributed by atoms with Gasteiger partial charge in [0.25, 0.3) is 0 Å². The molecule has 114 valence electrons. The summed E-state index contributed by atoms with van der Waals surface area (Å²) >= 11 is 4.32. The molecule has 1 N–H and O–H groups in total. The van der Waals surface area contributed by atoms with Crippen LogP contribution in [0.5, 0.6) is 0 Å². The number of amides is 1. The molecule has 1 atom stereocenters. The standard InChI is InChI=1S/C14H14N4OS3/c1-8-2-3-9-10(5-15)13(22-11(9)4-8)17-12(19)6-20-14-18-16-7-21-14/h7-8H,2-4,6H2,1H3,(H,17,19)/t8-/m1/s1. The van der Waals surface area contributed by atoms with Gasteiger partial charge in [0.2, 0.25) is 5.91 Å². The van der Waals surface area contributed by atoms with Gasteiger partial charge in [-0.05, 0) is 30.7 Å². The Morgan fingerprint density at radius 2 is 2.50 bits per heavy atom. The number of nitrogens with one attached hydrogen (secondary N) is 1. The lowest BCUT2D eigenvalue weighted by atomic mass is 9.89. The summed E-state index contributed by atoms with van der Waals surface area (Å²) in [5.74, 6) is 0.816. The van der Waals surface area contributed by atoms with Crippen molar-refractivity contribution in [1.29, 1.82) is 5.26 Å². The predicted molar refractivity (Wildman–Crippen MR) is 89.5 cm³/mol. The highest BCUT2D eigenvalue weighted by atomic mass is 32.2. The Balaban J connectivity index is 1.69. The maximum Gasteiger partial charge on any atom is 0.235 e. The van der Waals surface area contributed by atoms with Crippen molar-refractivity contribution < 1.29 is 4.79 Å². The number of rotatable bonds is 4. The molecule has 0 saturated carbocycles. The van der Waals surface area contributed by atoms with E-state index >= 15 is 0 Å². The average Bonchev–Trinajstić information content (AvgIpc) is 3.11.